The summed E-state index contributed by atoms with van der Waals surface area (Å²) in [6, 6.07) is 0. The van der Waals surface area contributed by atoms with Crippen molar-refractivity contribution in [1.82, 2.24) is 14.8 Å². The van der Waals surface area contributed by atoms with Gasteiger partial charge in [0.25, 0.3) is 5.91 Å². The van der Waals surface area contributed by atoms with Crippen molar-refractivity contribution in [2.45, 2.75) is 38.7 Å². The molecule has 3 fully saturated rings. The Kier molecular flexibility index (Phi) is 4.08. The Balaban J connectivity index is 1.32. The van der Waals surface area contributed by atoms with Crippen LogP contribution in [0.5, 0.6) is 0 Å². The third-order valence-electron chi connectivity index (χ3n) is 5.46. The van der Waals surface area contributed by atoms with E-state index in [0.717, 1.165) is 69.0 Å². The largest absolute Gasteiger partial charge is 0.461 e. The predicted octanol–water partition coefficient (Wildman–Crippen LogP) is 1.70. The first-order valence-electron chi connectivity index (χ1n) is 8.70. The Morgan fingerprint density at radius 3 is 2.88 bits per heavy atom. The standard InChI is InChI=1S/C17H23N3O3S/c1-12-14(24-11-18-12)15(21)20-6-2-5-19(7-8-20)10-13-9-17(3-4-17)16(22)23-13/h11,13H,2-10H2,1H3. The molecule has 2 saturated heterocycles. The molecule has 0 aromatic carbocycles. The first kappa shape index (κ1) is 16.0. The van der Waals surface area contributed by atoms with Gasteiger partial charge in [0.05, 0.1) is 16.6 Å². The Bertz CT molecular complexity index is 655. The zero-order chi connectivity index (χ0) is 16.7. The van der Waals surface area contributed by atoms with Gasteiger partial charge in [0.2, 0.25) is 0 Å². The molecule has 0 N–H and O–H groups in total. The molecule has 1 unspecified atom stereocenters. The minimum absolute atomic E-state index is 0.0137. The van der Waals surface area contributed by atoms with Crippen LogP contribution < -0.4 is 0 Å². The van der Waals surface area contributed by atoms with E-state index < -0.39 is 0 Å². The fourth-order valence-electron chi connectivity index (χ4n) is 3.79. The smallest absolute Gasteiger partial charge is 0.312 e. The molecular weight excluding hydrogens is 326 g/mol. The van der Waals surface area contributed by atoms with E-state index in [0.29, 0.717) is 0 Å². The summed E-state index contributed by atoms with van der Waals surface area (Å²) in [6.45, 7) is 5.98. The van der Waals surface area contributed by atoms with Crippen molar-refractivity contribution in [2.75, 3.05) is 32.7 Å². The normalized spacial score (nSPS) is 26.5. The molecule has 1 aliphatic carbocycles. The molecule has 0 bridgehead atoms. The van der Waals surface area contributed by atoms with Crippen LogP contribution in [0.1, 0.15) is 41.0 Å². The Labute approximate surface area is 145 Å². The second-order valence-corrected chi connectivity index (χ2v) is 8.08. The molecule has 1 aromatic rings. The summed E-state index contributed by atoms with van der Waals surface area (Å²) in [6.07, 6.45) is 3.86. The maximum absolute atomic E-state index is 12.6. The molecule has 7 heteroatoms. The first-order chi connectivity index (χ1) is 11.6. The summed E-state index contributed by atoms with van der Waals surface area (Å²) in [5.74, 6) is 0.112. The number of aryl methyl sites for hydroxylation is 1. The van der Waals surface area contributed by atoms with Gasteiger partial charge in [0.15, 0.2) is 0 Å². The number of thiazole rings is 1. The van der Waals surface area contributed by atoms with Crippen LogP contribution in [0.25, 0.3) is 0 Å². The topological polar surface area (TPSA) is 62.7 Å². The van der Waals surface area contributed by atoms with E-state index in [4.69, 9.17) is 4.74 Å². The number of esters is 1. The van der Waals surface area contributed by atoms with Crippen LogP contribution in [0.2, 0.25) is 0 Å². The number of nitrogens with zero attached hydrogens (tertiary/aromatic N) is 3. The fraction of sp³-hybridized carbons (Fsp3) is 0.706. The number of cyclic esters (lactones) is 1. The molecule has 1 spiro atoms. The lowest BCUT2D eigenvalue weighted by molar-refractivity contribution is -0.145. The number of hydrogen-bond acceptors (Lipinski definition) is 6. The third kappa shape index (κ3) is 2.95. The summed E-state index contributed by atoms with van der Waals surface area (Å²) in [5, 5.41) is 0. The maximum Gasteiger partial charge on any atom is 0.312 e. The van der Waals surface area contributed by atoms with Gasteiger partial charge >= 0.3 is 5.97 Å². The SMILES string of the molecule is Cc1ncsc1C(=O)N1CCCN(CC2CC3(CC3)C(=O)O2)CC1. The third-order valence-corrected chi connectivity index (χ3v) is 6.37. The molecule has 1 saturated carbocycles. The average molecular weight is 349 g/mol. The monoisotopic (exact) mass is 349 g/mol. The molecular formula is C17H23N3O3S. The maximum atomic E-state index is 12.6. The van der Waals surface area contributed by atoms with Crippen LogP contribution in [0.15, 0.2) is 5.51 Å². The number of rotatable bonds is 3. The highest BCUT2D eigenvalue weighted by atomic mass is 32.1. The second kappa shape index (κ2) is 6.11. The summed E-state index contributed by atoms with van der Waals surface area (Å²) in [5.41, 5.74) is 2.43. The van der Waals surface area contributed by atoms with Gasteiger partial charge in [0, 0.05) is 39.1 Å². The average Bonchev–Trinajstić information content (AvgIpc) is 3.18. The van der Waals surface area contributed by atoms with Crippen LogP contribution >= 0.6 is 11.3 Å². The molecule has 130 valence electrons. The zero-order valence-electron chi connectivity index (χ0n) is 14.0. The number of amides is 1. The van der Waals surface area contributed by atoms with Gasteiger partial charge in [-0.05, 0) is 26.2 Å². The van der Waals surface area contributed by atoms with Crippen molar-refractivity contribution >= 4 is 23.2 Å². The quantitative estimate of drug-likeness (QED) is 0.777. The van der Waals surface area contributed by atoms with E-state index in [-0.39, 0.29) is 23.4 Å². The van der Waals surface area contributed by atoms with Crippen LogP contribution in [-0.4, -0.2) is 65.5 Å². The van der Waals surface area contributed by atoms with Crippen LogP contribution in [0.3, 0.4) is 0 Å². The molecule has 0 radical (unpaired) electrons. The molecule has 24 heavy (non-hydrogen) atoms. The molecule has 1 atom stereocenters. The Morgan fingerprint density at radius 1 is 1.38 bits per heavy atom. The van der Waals surface area contributed by atoms with Gasteiger partial charge < -0.3 is 9.64 Å². The lowest BCUT2D eigenvalue weighted by Gasteiger charge is -2.23. The lowest BCUT2D eigenvalue weighted by Crippen LogP contribution is -2.37. The summed E-state index contributed by atoms with van der Waals surface area (Å²) in [7, 11) is 0. The Hall–Kier alpha value is -1.47. The van der Waals surface area contributed by atoms with Gasteiger partial charge in [-0.1, -0.05) is 0 Å². The van der Waals surface area contributed by atoms with Gasteiger partial charge in [-0.2, -0.15) is 0 Å². The molecule has 2 aliphatic heterocycles. The van der Waals surface area contributed by atoms with Crippen molar-refractivity contribution in [3.63, 3.8) is 0 Å². The van der Waals surface area contributed by atoms with Crippen LogP contribution in [0, 0.1) is 12.3 Å². The van der Waals surface area contributed by atoms with Crippen LogP contribution in [0.4, 0.5) is 0 Å². The number of ether oxygens (including phenoxy) is 1. The van der Waals surface area contributed by atoms with Gasteiger partial charge in [-0.25, -0.2) is 4.98 Å². The van der Waals surface area contributed by atoms with E-state index in [1.165, 1.54) is 11.3 Å². The second-order valence-electron chi connectivity index (χ2n) is 7.23. The summed E-state index contributed by atoms with van der Waals surface area (Å²) >= 11 is 1.42. The number of hydrogen-bond donors (Lipinski definition) is 0. The highest BCUT2D eigenvalue weighted by Crippen LogP contribution is 2.54. The number of carbonyl (C=O) groups is 2. The zero-order valence-corrected chi connectivity index (χ0v) is 14.8. The number of carbonyl (C=O) groups excluding carboxylic acids is 2. The van der Waals surface area contributed by atoms with E-state index in [9.17, 15) is 9.59 Å². The summed E-state index contributed by atoms with van der Waals surface area (Å²) in [4.78, 5) is 33.7. The van der Waals surface area contributed by atoms with Crippen LogP contribution in [-0.2, 0) is 9.53 Å². The minimum atomic E-state index is -0.123. The molecule has 1 aromatic heterocycles. The highest BCUT2D eigenvalue weighted by molar-refractivity contribution is 7.11. The molecule has 1 amide bonds. The molecule has 3 aliphatic rings. The van der Waals surface area contributed by atoms with E-state index in [2.05, 4.69) is 9.88 Å². The lowest BCUT2D eigenvalue weighted by atomic mass is 10.0. The van der Waals surface area contributed by atoms with Crippen molar-refractivity contribution in [1.29, 1.82) is 0 Å². The highest BCUT2D eigenvalue weighted by Gasteiger charge is 2.57. The molecule has 4 rings (SSSR count). The van der Waals surface area contributed by atoms with Crippen molar-refractivity contribution in [3.05, 3.63) is 16.1 Å². The van der Waals surface area contributed by atoms with Gasteiger partial charge in [-0.3, -0.25) is 14.5 Å². The van der Waals surface area contributed by atoms with Gasteiger partial charge in [-0.15, -0.1) is 11.3 Å². The molecule has 6 nitrogen and oxygen atoms in total. The van der Waals surface area contributed by atoms with Crippen molar-refractivity contribution in [2.24, 2.45) is 5.41 Å². The van der Waals surface area contributed by atoms with E-state index >= 15 is 0 Å². The number of aromatic nitrogens is 1. The van der Waals surface area contributed by atoms with E-state index in [1.54, 1.807) is 5.51 Å². The first-order valence-corrected chi connectivity index (χ1v) is 9.58. The molecule has 3 heterocycles. The predicted molar refractivity (Wildman–Crippen MR) is 90.0 cm³/mol. The van der Waals surface area contributed by atoms with E-state index in [1.807, 2.05) is 11.8 Å². The van der Waals surface area contributed by atoms with Gasteiger partial charge in [0.1, 0.15) is 11.0 Å². The van der Waals surface area contributed by atoms with Crippen molar-refractivity contribution in [3.8, 4) is 0 Å². The van der Waals surface area contributed by atoms with Crippen molar-refractivity contribution < 1.29 is 14.3 Å². The minimum Gasteiger partial charge on any atom is -0.461 e. The fourth-order valence-corrected chi connectivity index (χ4v) is 4.56. The Morgan fingerprint density at radius 2 is 2.21 bits per heavy atom. The summed E-state index contributed by atoms with van der Waals surface area (Å²) < 4.78 is 5.56.